The molecular weight excluding hydrogens is 267 g/mol. The van der Waals surface area contributed by atoms with Crippen LogP contribution in [-0.4, -0.2) is 13.6 Å². The van der Waals surface area contributed by atoms with E-state index >= 15 is 0 Å². The van der Waals surface area contributed by atoms with Crippen LogP contribution in [0.5, 0.6) is 5.75 Å². The van der Waals surface area contributed by atoms with Crippen LogP contribution in [0, 0.1) is 12.8 Å². The number of rotatable bonds is 4. The zero-order valence-corrected chi connectivity index (χ0v) is 13.9. The molecule has 6 heteroatoms. The first-order valence-corrected chi connectivity index (χ1v) is 5.90. The van der Waals surface area contributed by atoms with E-state index in [0.717, 1.165) is 25.3 Å². The Morgan fingerprint density at radius 2 is 1.94 bits per heavy atom. The molecule has 0 unspecified atom stereocenters. The molecule has 0 aliphatic heterocycles. The molecule has 1 saturated carbocycles. The van der Waals surface area contributed by atoms with Gasteiger partial charge in [-0.25, -0.2) is 0 Å². The summed E-state index contributed by atoms with van der Waals surface area (Å²) in [6.07, 6.45) is 3.30. The van der Waals surface area contributed by atoms with Crippen molar-refractivity contribution in [3.05, 3.63) is 23.8 Å². The third-order valence-corrected chi connectivity index (χ3v) is 3.22. The van der Waals surface area contributed by atoms with Crippen LogP contribution in [0.2, 0.25) is 0 Å². The van der Waals surface area contributed by atoms with Gasteiger partial charge in [-0.2, -0.15) is 0 Å². The monoisotopic (exact) mass is 282 g/mol. The Kier molecular flexibility index (Phi) is 6.25. The predicted molar refractivity (Wildman–Crippen MR) is 62.7 cm³/mol. The van der Waals surface area contributed by atoms with Gasteiger partial charge in [0.1, 0.15) is 0 Å². The number of halogens is 3. The van der Waals surface area contributed by atoms with Crippen molar-refractivity contribution in [3.63, 3.8) is 0 Å². The van der Waals surface area contributed by atoms with Crippen molar-refractivity contribution in [1.29, 1.82) is 0 Å². The minimum absolute atomic E-state index is 0. The number of benzene rings is 1. The van der Waals surface area contributed by atoms with Gasteiger partial charge in [0.25, 0.3) is 0 Å². The van der Waals surface area contributed by atoms with Crippen LogP contribution in [0.15, 0.2) is 18.2 Å². The van der Waals surface area contributed by atoms with Crippen molar-refractivity contribution in [1.82, 2.24) is 0 Å². The molecule has 1 aliphatic rings. The maximum atomic E-state index is 12.8. The van der Waals surface area contributed by atoms with E-state index in [-0.39, 0.29) is 57.1 Å². The Hall–Kier alpha value is 0.511. The molecule has 1 aromatic carbocycles. The number of aryl methyl sites for hydroxylation is 1. The first kappa shape index (κ1) is 16.6. The molecule has 2 rings (SSSR count). The van der Waals surface area contributed by atoms with Crippen LogP contribution in [0.1, 0.15) is 24.8 Å². The van der Waals surface area contributed by atoms with Gasteiger partial charge in [0, 0.05) is 0 Å². The molecule has 0 bridgehead atoms. The Bertz CT molecular complexity index is 405. The van der Waals surface area contributed by atoms with E-state index < -0.39 is 12.4 Å². The predicted octanol–water partition coefficient (Wildman–Crippen LogP) is 0.232. The largest absolute Gasteiger partial charge is 1.00 e. The van der Waals surface area contributed by atoms with Crippen LogP contribution in [-0.2, 0) is 0 Å². The van der Waals surface area contributed by atoms with Gasteiger partial charge in [0.2, 0.25) is 0 Å². The molecule has 18 heavy (non-hydrogen) atoms. The Morgan fingerprint density at radius 3 is 2.44 bits per heavy atom. The van der Waals surface area contributed by atoms with Crippen molar-refractivity contribution in [2.24, 2.45) is 5.92 Å². The summed E-state index contributed by atoms with van der Waals surface area (Å²) >= 11 is 0. The second-order valence-electron chi connectivity index (χ2n) is 4.72. The van der Waals surface area contributed by atoms with Gasteiger partial charge >= 0.3 is 58.4 Å². The first-order valence-electron chi connectivity index (χ1n) is 5.90. The fraction of sp³-hybridized carbons (Fsp3) is 0.500. The van der Waals surface area contributed by atoms with E-state index in [1.54, 1.807) is 13.0 Å². The van der Waals surface area contributed by atoms with Gasteiger partial charge in [0.05, 0.1) is 12.4 Å². The van der Waals surface area contributed by atoms with Crippen molar-refractivity contribution < 1.29 is 69.1 Å². The average molecular weight is 282 g/mol. The van der Waals surface area contributed by atoms with Gasteiger partial charge in [-0.3, -0.25) is 0 Å². The van der Waals surface area contributed by atoms with E-state index in [4.69, 9.17) is 4.74 Å². The molecular formula is C12H15BF3KO. The van der Waals surface area contributed by atoms with Crippen molar-refractivity contribution in [3.8, 4) is 5.75 Å². The molecule has 0 amide bonds. The topological polar surface area (TPSA) is 9.23 Å². The molecule has 0 spiro atoms. The maximum Gasteiger partial charge on any atom is 1.00 e. The zero-order valence-electron chi connectivity index (χ0n) is 10.8. The van der Waals surface area contributed by atoms with E-state index in [9.17, 15) is 12.9 Å². The summed E-state index contributed by atoms with van der Waals surface area (Å²) in [7, 11) is 0. The molecule has 0 atom stereocenters. The maximum absolute atomic E-state index is 12.8. The quantitative estimate of drug-likeness (QED) is 0.719. The van der Waals surface area contributed by atoms with E-state index in [1.807, 2.05) is 0 Å². The minimum Gasteiger partial charge on any atom is -0.496 e. The molecule has 0 N–H and O–H groups in total. The van der Waals surface area contributed by atoms with Gasteiger partial charge in [-0.1, -0.05) is 29.6 Å². The van der Waals surface area contributed by atoms with Crippen molar-refractivity contribution >= 4 is 12.4 Å². The molecule has 0 saturated heterocycles. The fourth-order valence-electron chi connectivity index (χ4n) is 1.92. The molecule has 1 aromatic rings. The Balaban J connectivity index is 0.00000162. The van der Waals surface area contributed by atoms with Gasteiger partial charge in [-0.15, -0.1) is 0 Å². The Morgan fingerprint density at radius 1 is 1.28 bits per heavy atom. The second-order valence-corrected chi connectivity index (χ2v) is 4.72. The molecule has 1 fully saturated rings. The summed E-state index contributed by atoms with van der Waals surface area (Å²) in [5.41, 5.74) is -0.000447. The summed E-state index contributed by atoms with van der Waals surface area (Å²) < 4.78 is 43.8. The molecule has 0 aromatic heterocycles. The average Bonchev–Trinajstić information content (AvgIpc) is 2.16. The summed E-state index contributed by atoms with van der Waals surface area (Å²) in [5.74, 6) is 0.417. The fourth-order valence-corrected chi connectivity index (χ4v) is 1.92. The standard InChI is InChI=1S/C12H15BF3O.K/c1-9-5-6-12(11(7-9)13(14,15)16)17-8-10-3-2-4-10;/h5-7,10H,2-4,8H2,1H3;/q-1;+1. The second kappa shape index (κ2) is 6.79. The smallest absolute Gasteiger partial charge is 0.496 e. The van der Waals surface area contributed by atoms with Crippen molar-refractivity contribution in [2.45, 2.75) is 26.2 Å². The summed E-state index contributed by atoms with van der Waals surface area (Å²) in [6, 6.07) is 4.25. The summed E-state index contributed by atoms with van der Waals surface area (Å²) in [6.45, 7) is -2.94. The first-order chi connectivity index (χ1) is 7.97. The van der Waals surface area contributed by atoms with Crippen molar-refractivity contribution in [2.75, 3.05) is 6.61 Å². The summed E-state index contributed by atoms with van der Waals surface area (Å²) in [5, 5.41) is 0. The molecule has 0 heterocycles. The Labute approximate surface area is 148 Å². The molecule has 1 nitrogen and oxygen atoms in total. The van der Waals surface area contributed by atoms with Gasteiger partial charge in [0.15, 0.2) is 0 Å². The third-order valence-electron chi connectivity index (χ3n) is 3.22. The minimum atomic E-state index is -5.00. The normalized spacial score (nSPS) is 15.8. The van der Waals surface area contributed by atoms with Crippen LogP contribution >= 0.6 is 0 Å². The van der Waals surface area contributed by atoms with Crippen LogP contribution < -0.4 is 61.6 Å². The van der Waals surface area contributed by atoms with Crippen LogP contribution in [0.4, 0.5) is 12.9 Å². The molecule has 94 valence electrons. The number of ether oxygens (including phenoxy) is 1. The zero-order chi connectivity index (χ0) is 12.5. The molecule has 1 aliphatic carbocycles. The third kappa shape index (κ3) is 4.27. The van der Waals surface area contributed by atoms with E-state index in [0.29, 0.717) is 18.1 Å². The number of hydrogen-bond donors (Lipinski definition) is 0. The summed E-state index contributed by atoms with van der Waals surface area (Å²) in [4.78, 5) is 0. The number of hydrogen-bond acceptors (Lipinski definition) is 1. The van der Waals surface area contributed by atoms with E-state index in [1.165, 1.54) is 6.07 Å². The van der Waals surface area contributed by atoms with Crippen LogP contribution in [0.25, 0.3) is 0 Å². The molecule has 0 radical (unpaired) electrons. The van der Waals surface area contributed by atoms with Gasteiger partial charge < -0.3 is 17.7 Å². The van der Waals surface area contributed by atoms with E-state index in [2.05, 4.69) is 0 Å². The van der Waals surface area contributed by atoms with Gasteiger partial charge in [-0.05, 0) is 31.7 Å². The SMILES string of the molecule is Cc1ccc(OCC2CCC2)c([B-](F)(F)F)c1.[K+]. The van der Waals surface area contributed by atoms with Crippen LogP contribution in [0.3, 0.4) is 0 Å².